The Bertz CT molecular complexity index is 413. The van der Waals surface area contributed by atoms with Gasteiger partial charge in [0, 0.05) is 18.0 Å². The first-order valence-electron chi connectivity index (χ1n) is 6.45. The molecule has 1 unspecified atom stereocenters. The molecule has 1 heterocycles. The summed E-state index contributed by atoms with van der Waals surface area (Å²) in [7, 11) is 0. The molecule has 0 fully saturated rings. The highest BCUT2D eigenvalue weighted by molar-refractivity contribution is 5.41. The molecule has 0 aliphatic carbocycles. The predicted molar refractivity (Wildman–Crippen MR) is 71.2 cm³/mol. The van der Waals surface area contributed by atoms with Gasteiger partial charge in [-0.05, 0) is 32.3 Å². The zero-order valence-electron chi connectivity index (χ0n) is 11.3. The average Bonchev–Trinajstić information content (AvgIpc) is 2.17. The lowest BCUT2D eigenvalue weighted by Crippen LogP contribution is -2.41. The van der Waals surface area contributed by atoms with Crippen LogP contribution in [0.4, 0.5) is 0 Å². The summed E-state index contributed by atoms with van der Waals surface area (Å²) in [6.07, 6.45) is 1.95. The maximum atomic E-state index is 6.29. The van der Waals surface area contributed by atoms with Crippen molar-refractivity contribution in [1.82, 2.24) is 0 Å². The summed E-state index contributed by atoms with van der Waals surface area (Å²) in [6.45, 7) is 8.72. The quantitative estimate of drug-likeness (QED) is 0.847. The molecular formula is C15H23NO. The molecule has 0 amide bonds. The van der Waals surface area contributed by atoms with Crippen molar-refractivity contribution >= 4 is 0 Å². The van der Waals surface area contributed by atoms with Crippen LogP contribution < -0.4 is 10.5 Å². The van der Waals surface area contributed by atoms with Gasteiger partial charge >= 0.3 is 0 Å². The minimum Gasteiger partial charge on any atom is -0.487 e. The zero-order chi connectivity index (χ0) is 12.6. The van der Waals surface area contributed by atoms with Crippen molar-refractivity contribution in [3.8, 4) is 5.75 Å². The second-order valence-corrected chi connectivity index (χ2v) is 6.00. The molecule has 2 heteroatoms. The summed E-state index contributed by atoms with van der Waals surface area (Å²) in [5.74, 6) is 1.59. The first kappa shape index (κ1) is 12.4. The number of hydrogen-bond acceptors (Lipinski definition) is 2. The van der Waals surface area contributed by atoms with Crippen molar-refractivity contribution in [1.29, 1.82) is 0 Å². The molecule has 1 aliphatic heterocycles. The van der Waals surface area contributed by atoms with Gasteiger partial charge in [-0.3, -0.25) is 0 Å². The average molecular weight is 233 g/mol. The van der Waals surface area contributed by atoms with Gasteiger partial charge in [0.05, 0.1) is 0 Å². The molecule has 1 aliphatic rings. The number of rotatable bonds is 2. The molecule has 0 saturated carbocycles. The topological polar surface area (TPSA) is 35.2 Å². The van der Waals surface area contributed by atoms with E-state index in [9.17, 15) is 0 Å². The Hall–Kier alpha value is -1.02. The number of nitrogens with two attached hydrogens (primary N) is 1. The highest BCUT2D eigenvalue weighted by Gasteiger charge is 2.36. The highest BCUT2D eigenvalue weighted by Crippen LogP contribution is 2.41. The summed E-state index contributed by atoms with van der Waals surface area (Å²) in [4.78, 5) is 0. The van der Waals surface area contributed by atoms with Crippen LogP contribution in [0, 0.1) is 12.8 Å². The monoisotopic (exact) mass is 233 g/mol. The number of aryl methyl sites for hydroxylation is 1. The molecule has 94 valence electrons. The standard InChI is InChI=1S/C15H23NO/c1-10(2)8-15(4)9-13(16)12-7-11(3)5-6-14(12)17-15/h5-7,10,13H,8-9,16H2,1-4H3/t13-,15?/m1/s1. The molecule has 0 spiro atoms. The third-order valence-corrected chi connectivity index (χ3v) is 3.41. The van der Waals surface area contributed by atoms with Crippen LogP contribution in [0.3, 0.4) is 0 Å². The number of hydrogen-bond donors (Lipinski definition) is 1. The summed E-state index contributed by atoms with van der Waals surface area (Å²) in [6, 6.07) is 6.39. The number of benzene rings is 1. The number of fused-ring (bicyclic) bond motifs is 1. The van der Waals surface area contributed by atoms with Crippen LogP contribution in [-0.2, 0) is 0 Å². The van der Waals surface area contributed by atoms with Crippen molar-refractivity contribution in [3.05, 3.63) is 29.3 Å². The van der Waals surface area contributed by atoms with E-state index in [0.717, 1.165) is 24.2 Å². The molecule has 17 heavy (non-hydrogen) atoms. The lowest BCUT2D eigenvalue weighted by molar-refractivity contribution is 0.0340. The lowest BCUT2D eigenvalue weighted by atomic mass is 9.83. The molecule has 2 nitrogen and oxygen atoms in total. The molecule has 2 atom stereocenters. The molecule has 1 aromatic rings. The van der Waals surface area contributed by atoms with E-state index in [1.165, 1.54) is 5.56 Å². The van der Waals surface area contributed by atoms with E-state index < -0.39 is 0 Å². The molecule has 0 aromatic heterocycles. The summed E-state index contributed by atoms with van der Waals surface area (Å²) >= 11 is 0. The van der Waals surface area contributed by atoms with E-state index >= 15 is 0 Å². The van der Waals surface area contributed by atoms with Crippen molar-refractivity contribution < 1.29 is 4.74 Å². The van der Waals surface area contributed by atoms with Crippen LogP contribution in [0.5, 0.6) is 5.75 Å². The Morgan fingerprint density at radius 2 is 2.18 bits per heavy atom. The van der Waals surface area contributed by atoms with Gasteiger partial charge in [-0.25, -0.2) is 0 Å². The first-order valence-corrected chi connectivity index (χ1v) is 6.45. The largest absolute Gasteiger partial charge is 0.487 e. The molecular weight excluding hydrogens is 210 g/mol. The fourth-order valence-electron chi connectivity index (χ4n) is 2.92. The van der Waals surface area contributed by atoms with E-state index in [0.29, 0.717) is 5.92 Å². The summed E-state index contributed by atoms with van der Waals surface area (Å²) in [5.41, 5.74) is 8.58. The van der Waals surface area contributed by atoms with E-state index in [1.54, 1.807) is 0 Å². The van der Waals surface area contributed by atoms with Crippen molar-refractivity contribution in [2.75, 3.05) is 0 Å². The van der Waals surface area contributed by atoms with Gasteiger partial charge in [0.25, 0.3) is 0 Å². The van der Waals surface area contributed by atoms with E-state index in [2.05, 4.69) is 45.9 Å². The maximum Gasteiger partial charge on any atom is 0.124 e. The molecule has 2 rings (SSSR count). The smallest absolute Gasteiger partial charge is 0.124 e. The lowest BCUT2D eigenvalue weighted by Gasteiger charge is -2.40. The van der Waals surface area contributed by atoms with Gasteiger partial charge in [0.15, 0.2) is 0 Å². The maximum absolute atomic E-state index is 6.29. The van der Waals surface area contributed by atoms with E-state index in [-0.39, 0.29) is 11.6 Å². The minimum atomic E-state index is -0.115. The minimum absolute atomic E-state index is 0.0994. The Balaban J connectivity index is 2.30. The zero-order valence-corrected chi connectivity index (χ0v) is 11.3. The van der Waals surface area contributed by atoms with E-state index in [1.807, 2.05) is 0 Å². The molecule has 1 aromatic carbocycles. The molecule has 0 radical (unpaired) electrons. The molecule has 2 N–H and O–H groups in total. The van der Waals surface area contributed by atoms with Crippen LogP contribution >= 0.6 is 0 Å². The SMILES string of the molecule is Cc1ccc2c(c1)[C@H](N)CC(C)(CC(C)C)O2. The van der Waals surface area contributed by atoms with Crippen LogP contribution in [0.15, 0.2) is 18.2 Å². The van der Waals surface area contributed by atoms with Crippen LogP contribution in [0.1, 0.15) is 50.8 Å². The van der Waals surface area contributed by atoms with Gasteiger partial charge in [0.2, 0.25) is 0 Å². The van der Waals surface area contributed by atoms with Crippen molar-refractivity contribution in [2.24, 2.45) is 11.7 Å². The third-order valence-electron chi connectivity index (χ3n) is 3.41. The van der Waals surface area contributed by atoms with Crippen molar-refractivity contribution in [2.45, 2.75) is 52.2 Å². The fourth-order valence-corrected chi connectivity index (χ4v) is 2.92. The van der Waals surface area contributed by atoms with E-state index in [4.69, 9.17) is 10.5 Å². The van der Waals surface area contributed by atoms with Gasteiger partial charge < -0.3 is 10.5 Å². The Kier molecular flexibility index (Phi) is 3.17. The van der Waals surface area contributed by atoms with Gasteiger partial charge in [-0.1, -0.05) is 31.5 Å². The third kappa shape index (κ3) is 2.63. The first-order chi connectivity index (χ1) is 7.89. The Morgan fingerprint density at radius 1 is 1.47 bits per heavy atom. The van der Waals surface area contributed by atoms with Gasteiger partial charge in [0.1, 0.15) is 11.4 Å². The van der Waals surface area contributed by atoms with Gasteiger partial charge in [-0.15, -0.1) is 0 Å². The Morgan fingerprint density at radius 3 is 2.82 bits per heavy atom. The normalized spacial score (nSPS) is 27.8. The molecule has 0 bridgehead atoms. The second kappa shape index (κ2) is 4.34. The van der Waals surface area contributed by atoms with Crippen molar-refractivity contribution in [3.63, 3.8) is 0 Å². The van der Waals surface area contributed by atoms with Crippen LogP contribution in [0.2, 0.25) is 0 Å². The number of ether oxygens (including phenoxy) is 1. The molecule has 0 saturated heterocycles. The Labute approximate surface area is 104 Å². The summed E-state index contributed by atoms with van der Waals surface area (Å²) < 4.78 is 6.18. The van der Waals surface area contributed by atoms with Crippen LogP contribution in [0.25, 0.3) is 0 Å². The highest BCUT2D eigenvalue weighted by atomic mass is 16.5. The van der Waals surface area contributed by atoms with Gasteiger partial charge in [-0.2, -0.15) is 0 Å². The second-order valence-electron chi connectivity index (χ2n) is 6.00. The van der Waals surface area contributed by atoms with Crippen LogP contribution in [-0.4, -0.2) is 5.60 Å². The predicted octanol–water partition coefficient (Wildman–Crippen LogP) is 3.58. The fraction of sp³-hybridized carbons (Fsp3) is 0.600. The summed E-state index contributed by atoms with van der Waals surface area (Å²) in [5, 5.41) is 0.